The number of nitrogens with one attached hydrogen (secondary N) is 1. The first-order valence-corrected chi connectivity index (χ1v) is 7.93. The van der Waals surface area contributed by atoms with Gasteiger partial charge in [-0.15, -0.1) is 0 Å². The molecule has 1 saturated heterocycles. The lowest BCUT2D eigenvalue weighted by molar-refractivity contribution is -0.122. The van der Waals surface area contributed by atoms with Crippen molar-refractivity contribution in [2.24, 2.45) is 5.92 Å². The fourth-order valence-corrected chi connectivity index (χ4v) is 2.88. The van der Waals surface area contributed by atoms with Crippen LogP contribution >= 0.6 is 11.6 Å². The normalized spacial score (nSPS) is 16.6. The number of hydrogen-bond donors (Lipinski definition) is 1. The molecule has 2 aromatic rings. The summed E-state index contributed by atoms with van der Waals surface area (Å²) in [7, 11) is 0. The Morgan fingerprint density at radius 2 is 2.08 bits per heavy atom. The van der Waals surface area contributed by atoms with Gasteiger partial charge in [-0.3, -0.25) is 9.59 Å². The third-order valence-corrected chi connectivity index (χ3v) is 4.31. The van der Waals surface area contributed by atoms with E-state index >= 15 is 0 Å². The lowest BCUT2D eigenvalue weighted by Crippen LogP contribution is -2.28. The number of nitrogens with zero attached hydrogens (tertiary/aromatic N) is 2. The molecule has 1 unspecified atom stereocenters. The van der Waals surface area contributed by atoms with Gasteiger partial charge in [-0.05, 0) is 30.3 Å². The van der Waals surface area contributed by atoms with Gasteiger partial charge in [-0.2, -0.15) is 5.26 Å². The Labute approximate surface area is 148 Å². The van der Waals surface area contributed by atoms with Crippen molar-refractivity contribution in [2.75, 3.05) is 16.8 Å². The molecule has 3 rings (SSSR count). The van der Waals surface area contributed by atoms with E-state index in [1.54, 1.807) is 24.3 Å². The fraction of sp³-hybridized carbons (Fsp3) is 0.167. The molecule has 7 heteroatoms. The molecule has 0 aliphatic carbocycles. The molecule has 1 fully saturated rings. The van der Waals surface area contributed by atoms with Crippen LogP contribution in [0.3, 0.4) is 0 Å². The first-order chi connectivity index (χ1) is 12.0. The average molecular weight is 358 g/mol. The van der Waals surface area contributed by atoms with Crippen LogP contribution in [-0.2, 0) is 9.59 Å². The molecule has 1 atom stereocenters. The maximum Gasteiger partial charge on any atom is 0.229 e. The second kappa shape index (κ2) is 6.91. The van der Waals surface area contributed by atoms with Crippen LogP contribution in [0.5, 0.6) is 0 Å². The summed E-state index contributed by atoms with van der Waals surface area (Å²) >= 11 is 5.76. The summed E-state index contributed by atoms with van der Waals surface area (Å²) < 4.78 is 13.3. The largest absolute Gasteiger partial charge is 0.325 e. The molecule has 1 N–H and O–H groups in total. The lowest BCUT2D eigenvalue weighted by Gasteiger charge is -2.17. The van der Waals surface area contributed by atoms with Gasteiger partial charge >= 0.3 is 0 Å². The molecule has 0 aromatic heterocycles. The summed E-state index contributed by atoms with van der Waals surface area (Å²) in [5, 5.41) is 11.7. The van der Waals surface area contributed by atoms with Gasteiger partial charge in [-0.1, -0.05) is 23.7 Å². The minimum absolute atomic E-state index is 0.0373. The van der Waals surface area contributed by atoms with Gasteiger partial charge in [0, 0.05) is 18.7 Å². The van der Waals surface area contributed by atoms with Crippen molar-refractivity contribution in [1.29, 1.82) is 5.26 Å². The molecule has 0 radical (unpaired) electrons. The number of carbonyl (C=O) groups is 2. The van der Waals surface area contributed by atoms with Gasteiger partial charge in [0.2, 0.25) is 11.8 Å². The maximum atomic E-state index is 13.3. The smallest absolute Gasteiger partial charge is 0.229 e. The monoisotopic (exact) mass is 357 g/mol. The standard InChI is InChI=1S/C18H13ClFN3O2/c19-14-8-13(5-6-15(14)20)23-10-12(7-17(23)24)18(25)22-16-4-2-1-3-11(16)9-21/h1-6,8,12H,7,10H2,(H,22,25). The predicted molar refractivity (Wildman–Crippen MR) is 91.7 cm³/mol. The van der Waals surface area contributed by atoms with Gasteiger partial charge in [0.15, 0.2) is 0 Å². The first kappa shape index (κ1) is 16.9. The third-order valence-electron chi connectivity index (χ3n) is 4.02. The van der Waals surface area contributed by atoms with E-state index in [9.17, 15) is 14.0 Å². The van der Waals surface area contributed by atoms with E-state index in [2.05, 4.69) is 5.32 Å². The van der Waals surface area contributed by atoms with E-state index in [0.717, 1.165) is 0 Å². The van der Waals surface area contributed by atoms with E-state index in [1.807, 2.05) is 6.07 Å². The molecule has 2 amide bonds. The highest BCUT2D eigenvalue weighted by Crippen LogP contribution is 2.29. The second-order valence-corrected chi connectivity index (χ2v) is 6.06. The lowest BCUT2D eigenvalue weighted by atomic mass is 10.1. The Kier molecular flexibility index (Phi) is 4.68. The Morgan fingerprint density at radius 1 is 1.32 bits per heavy atom. The maximum absolute atomic E-state index is 13.3. The van der Waals surface area contributed by atoms with E-state index in [1.165, 1.54) is 23.1 Å². The first-order valence-electron chi connectivity index (χ1n) is 7.55. The zero-order valence-electron chi connectivity index (χ0n) is 13.0. The molecule has 0 spiro atoms. The molecule has 0 saturated carbocycles. The fourth-order valence-electron chi connectivity index (χ4n) is 2.71. The molecule has 0 bridgehead atoms. The number of benzene rings is 2. The summed E-state index contributed by atoms with van der Waals surface area (Å²) in [5.41, 5.74) is 1.21. The van der Waals surface area contributed by atoms with Gasteiger partial charge in [-0.25, -0.2) is 4.39 Å². The van der Waals surface area contributed by atoms with Crippen LogP contribution < -0.4 is 10.2 Å². The summed E-state index contributed by atoms with van der Waals surface area (Å²) in [4.78, 5) is 26.1. The molecule has 25 heavy (non-hydrogen) atoms. The predicted octanol–water partition coefficient (Wildman–Crippen LogP) is 3.34. The molecule has 5 nitrogen and oxygen atoms in total. The van der Waals surface area contributed by atoms with E-state index in [4.69, 9.17) is 16.9 Å². The van der Waals surface area contributed by atoms with Crippen molar-refractivity contribution in [3.8, 4) is 6.07 Å². The van der Waals surface area contributed by atoms with Gasteiger partial charge < -0.3 is 10.2 Å². The summed E-state index contributed by atoms with van der Waals surface area (Å²) in [6.07, 6.45) is 0.0373. The molecule has 126 valence electrons. The van der Waals surface area contributed by atoms with Gasteiger partial charge in [0.1, 0.15) is 11.9 Å². The molecular formula is C18H13ClFN3O2. The topological polar surface area (TPSA) is 73.2 Å². The average Bonchev–Trinajstić information content (AvgIpc) is 3.00. The molecule has 1 heterocycles. The Bertz CT molecular complexity index is 894. The van der Waals surface area contributed by atoms with Crippen LogP contribution in [0.2, 0.25) is 5.02 Å². The van der Waals surface area contributed by atoms with Crippen LogP contribution in [0.25, 0.3) is 0 Å². The van der Waals surface area contributed by atoms with Crippen molar-refractivity contribution < 1.29 is 14.0 Å². The third kappa shape index (κ3) is 3.47. The van der Waals surface area contributed by atoms with Gasteiger partial charge in [0.25, 0.3) is 0 Å². The van der Waals surface area contributed by atoms with Crippen LogP contribution in [0.1, 0.15) is 12.0 Å². The summed E-state index contributed by atoms with van der Waals surface area (Å²) in [6, 6.07) is 12.6. The van der Waals surface area contributed by atoms with Crippen LogP contribution in [-0.4, -0.2) is 18.4 Å². The molecule has 1 aliphatic heterocycles. The molecular weight excluding hydrogens is 345 g/mol. The van der Waals surface area contributed by atoms with Crippen LogP contribution in [0.4, 0.5) is 15.8 Å². The number of para-hydroxylation sites is 1. The van der Waals surface area contributed by atoms with Crippen molar-refractivity contribution in [3.63, 3.8) is 0 Å². The zero-order chi connectivity index (χ0) is 18.0. The number of rotatable bonds is 3. The molecule has 2 aromatic carbocycles. The number of amides is 2. The molecule has 1 aliphatic rings. The van der Waals surface area contributed by atoms with Crippen LogP contribution in [0.15, 0.2) is 42.5 Å². The van der Waals surface area contributed by atoms with Crippen molar-refractivity contribution in [1.82, 2.24) is 0 Å². The minimum atomic E-state index is -0.570. The number of hydrogen-bond acceptors (Lipinski definition) is 3. The van der Waals surface area contributed by atoms with Crippen molar-refractivity contribution >= 4 is 34.8 Å². The zero-order valence-corrected chi connectivity index (χ0v) is 13.8. The summed E-state index contributed by atoms with van der Waals surface area (Å²) in [6.45, 7) is 0.168. The van der Waals surface area contributed by atoms with E-state index in [0.29, 0.717) is 16.9 Å². The SMILES string of the molecule is N#Cc1ccccc1NC(=O)C1CC(=O)N(c2ccc(F)c(Cl)c2)C1. The van der Waals surface area contributed by atoms with E-state index < -0.39 is 11.7 Å². The Hall–Kier alpha value is -2.91. The highest BCUT2D eigenvalue weighted by Gasteiger charge is 2.35. The van der Waals surface area contributed by atoms with Crippen molar-refractivity contribution in [3.05, 3.63) is 58.9 Å². The van der Waals surface area contributed by atoms with Crippen LogP contribution in [0, 0.1) is 23.1 Å². The highest BCUT2D eigenvalue weighted by molar-refractivity contribution is 6.31. The second-order valence-electron chi connectivity index (χ2n) is 5.65. The number of nitriles is 1. The number of carbonyl (C=O) groups excluding carboxylic acids is 2. The van der Waals surface area contributed by atoms with E-state index in [-0.39, 0.29) is 29.8 Å². The van der Waals surface area contributed by atoms with Gasteiger partial charge in [0.05, 0.1) is 22.2 Å². The number of anilines is 2. The quantitative estimate of drug-likeness (QED) is 0.915. The minimum Gasteiger partial charge on any atom is -0.325 e. The number of halogens is 2. The van der Waals surface area contributed by atoms with Crippen molar-refractivity contribution in [2.45, 2.75) is 6.42 Å². The summed E-state index contributed by atoms with van der Waals surface area (Å²) in [5.74, 6) is -1.72. The Balaban J connectivity index is 1.74. The Morgan fingerprint density at radius 3 is 2.80 bits per heavy atom. The highest BCUT2D eigenvalue weighted by atomic mass is 35.5.